The van der Waals surface area contributed by atoms with E-state index in [1.807, 2.05) is 13.8 Å². The van der Waals surface area contributed by atoms with Crippen LogP contribution in [0.1, 0.15) is 33.1 Å². The minimum atomic E-state index is -4.11. The van der Waals surface area contributed by atoms with E-state index in [1.54, 1.807) is 0 Å². The first-order valence-corrected chi connectivity index (χ1v) is 5.45. The highest BCUT2D eigenvalue weighted by molar-refractivity contribution is 4.73. The van der Waals surface area contributed by atoms with Crippen molar-refractivity contribution in [2.45, 2.75) is 45.3 Å². The van der Waals surface area contributed by atoms with Crippen molar-refractivity contribution in [3.05, 3.63) is 0 Å². The van der Waals surface area contributed by atoms with Crippen molar-refractivity contribution >= 4 is 0 Å². The van der Waals surface area contributed by atoms with Crippen molar-refractivity contribution < 1.29 is 13.2 Å². The lowest BCUT2D eigenvalue weighted by Gasteiger charge is -2.31. The highest BCUT2D eigenvalue weighted by Gasteiger charge is 2.32. The van der Waals surface area contributed by atoms with Crippen molar-refractivity contribution in [2.24, 2.45) is 5.73 Å². The number of nitrogens with zero attached hydrogens (tertiary/aromatic N) is 1. The molecule has 1 unspecified atom stereocenters. The first kappa shape index (κ1) is 14.7. The van der Waals surface area contributed by atoms with Crippen LogP contribution in [0.4, 0.5) is 13.2 Å². The van der Waals surface area contributed by atoms with Crippen molar-refractivity contribution in [1.82, 2.24) is 4.90 Å². The van der Waals surface area contributed by atoms with Crippen LogP contribution in [-0.4, -0.2) is 36.8 Å². The normalized spacial score (nSPS) is 14.6. The lowest BCUT2D eigenvalue weighted by molar-refractivity contribution is -0.151. The zero-order valence-corrected chi connectivity index (χ0v) is 9.48. The highest BCUT2D eigenvalue weighted by atomic mass is 19.4. The molecule has 2 N–H and O–H groups in total. The molecule has 0 bridgehead atoms. The third-order valence-corrected chi connectivity index (χ3v) is 2.38. The third kappa shape index (κ3) is 6.73. The summed E-state index contributed by atoms with van der Waals surface area (Å²) < 4.78 is 36.9. The summed E-state index contributed by atoms with van der Waals surface area (Å²) in [7, 11) is 0. The monoisotopic (exact) mass is 226 g/mol. The summed E-state index contributed by atoms with van der Waals surface area (Å²) in [5.74, 6) is 0. The fraction of sp³-hybridized carbons (Fsp3) is 1.00. The summed E-state index contributed by atoms with van der Waals surface area (Å²) >= 11 is 0. The first-order valence-electron chi connectivity index (χ1n) is 5.45. The average Bonchev–Trinajstić information content (AvgIpc) is 2.11. The average molecular weight is 226 g/mol. The van der Waals surface area contributed by atoms with Gasteiger partial charge in [-0.1, -0.05) is 13.8 Å². The summed E-state index contributed by atoms with van der Waals surface area (Å²) in [5.41, 5.74) is 5.39. The van der Waals surface area contributed by atoms with E-state index in [0.29, 0.717) is 25.9 Å². The van der Waals surface area contributed by atoms with Crippen molar-refractivity contribution in [3.63, 3.8) is 0 Å². The Kier molecular flexibility index (Phi) is 6.92. The fourth-order valence-corrected chi connectivity index (χ4v) is 1.75. The number of halogens is 3. The van der Waals surface area contributed by atoms with Crippen molar-refractivity contribution in [2.75, 3.05) is 19.6 Å². The van der Waals surface area contributed by atoms with Crippen LogP contribution in [0.3, 0.4) is 0 Å². The molecule has 2 nitrogen and oxygen atoms in total. The van der Waals surface area contributed by atoms with E-state index in [4.69, 9.17) is 5.73 Å². The maximum atomic E-state index is 12.3. The molecule has 92 valence electrons. The van der Waals surface area contributed by atoms with E-state index in [0.717, 1.165) is 6.42 Å². The number of hydrogen-bond acceptors (Lipinski definition) is 2. The molecule has 0 saturated carbocycles. The Morgan fingerprint density at radius 3 is 2.20 bits per heavy atom. The Bertz CT molecular complexity index is 159. The number of hydrogen-bond donors (Lipinski definition) is 1. The van der Waals surface area contributed by atoms with E-state index >= 15 is 0 Å². The maximum Gasteiger partial charge on any atom is 0.401 e. The molecule has 0 aromatic heterocycles. The highest BCUT2D eigenvalue weighted by Crippen LogP contribution is 2.20. The van der Waals surface area contributed by atoms with E-state index < -0.39 is 12.7 Å². The van der Waals surface area contributed by atoms with Crippen LogP contribution < -0.4 is 5.73 Å². The molecule has 5 heteroatoms. The van der Waals surface area contributed by atoms with Gasteiger partial charge in [0.05, 0.1) is 6.54 Å². The summed E-state index contributed by atoms with van der Waals surface area (Å²) in [6.07, 6.45) is -2.03. The van der Waals surface area contributed by atoms with Gasteiger partial charge in [-0.3, -0.25) is 4.90 Å². The molecule has 0 heterocycles. The third-order valence-electron chi connectivity index (χ3n) is 2.38. The minimum absolute atomic E-state index is 0.0448. The van der Waals surface area contributed by atoms with Gasteiger partial charge in [-0.25, -0.2) is 0 Å². The Labute approximate surface area is 89.6 Å². The number of alkyl halides is 3. The molecule has 0 aliphatic rings. The van der Waals surface area contributed by atoms with Gasteiger partial charge in [0.15, 0.2) is 0 Å². The Hall–Kier alpha value is -0.290. The number of nitrogens with two attached hydrogens (primary N) is 1. The van der Waals surface area contributed by atoms with Gasteiger partial charge in [-0.2, -0.15) is 13.2 Å². The van der Waals surface area contributed by atoms with Gasteiger partial charge in [-0.15, -0.1) is 0 Å². The molecule has 0 fully saturated rings. The molecule has 0 aromatic carbocycles. The summed E-state index contributed by atoms with van der Waals surface area (Å²) in [4.78, 5) is 1.49. The van der Waals surface area contributed by atoms with Crippen molar-refractivity contribution in [1.29, 1.82) is 0 Å². The SMILES string of the molecule is CCCN(CC(F)(F)F)C(CC)CCN. The van der Waals surface area contributed by atoms with Gasteiger partial charge in [0.2, 0.25) is 0 Å². The Morgan fingerprint density at radius 2 is 1.87 bits per heavy atom. The second-order valence-electron chi connectivity index (χ2n) is 3.73. The molecule has 15 heavy (non-hydrogen) atoms. The van der Waals surface area contributed by atoms with Gasteiger partial charge in [0, 0.05) is 6.04 Å². The Morgan fingerprint density at radius 1 is 1.27 bits per heavy atom. The van der Waals surface area contributed by atoms with Crippen LogP contribution in [-0.2, 0) is 0 Å². The fourth-order valence-electron chi connectivity index (χ4n) is 1.75. The zero-order valence-electron chi connectivity index (χ0n) is 9.48. The molecule has 0 aliphatic heterocycles. The molecule has 0 radical (unpaired) electrons. The van der Waals surface area contributed by atoms with E-state index in [2.05, 4.69) is 0 Å². The largest absolute Gasteiger partial charge is 0.401 e. The van der Waals surface area contributed by atoms with E-state index in [-0.39, 0.29) is 6.04 Å². The van der Waals surface area contributed by atoms with Gasteiger partial charge in [0.1, 0.15) is 0 Å². The molecular formula is C10H21F3N2. The van der Waals surface area contributed by atoms with Gasteiger partial charge in [-0.05, 0) is 32.4 Å². The molecule has 0 aliphatic carbocycles. The van der Waals surface area contributed by atoms with Crippen LogP contribution in [0.5, 0.6) is 0 Å². The quantitative estimate of drug-likeness (QED) is 0.722. The summed E-state index contributed by atoms with van der Waals surface area (Å²) in [6, 6.07) is -0.0448. The van der Waals surface area contributed by atoms with E-state index in [9.17, 15) is 13.2 Å². The smallest absolute Gasteiger partial charge is 0.330 e. The van der Waals surface area contributed by atoms with Crippen molar-refractivity contribution in [3.8, 4) is 0 Å². The molecule has 1 atom stereocenters. The topological polar surface area (TPSA) is 29.3 Å². The molecule has 0 aromatic rings. The van der Waals surface area contributed by atoms with Crippen LogP contribution in [0.25, 0.3) is 0 Å². The molecule has 0 saturated heterocycles. The standard InChI is InChI=1S/C10H21F3N2/c1-3-7-15(8-10(11,12)13)9(4-2)5-6-14/h9H,3-8,14H2,1-2H3. The molecule has 0 amide bonds. The predicted octanol–water partition coefficient (Wildman–Crippen LogP) is 2.39. The maximum absolute atomic E-state index is 12.3. The zero-order chi connectivity index (χ0) is 11.9. The lowest BCUT2D eigenvalue weighted by atomic mass is 10.1. The van der Waals surface area contributed by atoms with Gasteiger partial charge in [0.25, 0.3) is 0 Å². The Balaban J connectivity index is 4.33. The summed E-state index contributed by atoms with van der Waals surface area (Å²) in [5, 5.41) is 0. The van der Waals surface area contributed by atoms with Crippen LogP contribution in [0.2, 0.25) is 0 Å². The second-order valence-corrected chi connectivity index (χ2v) is 3.73. The number of rotatable bonds is 7. The van der Waals surface area contributed by atoms with Crippen LogP contribution in [0.15, 0.2) is 0 Å². The van der Waals surface area contributed by atoms with E-state index in [1.165, 1.54) is 4.90 Å². The van der Waals surface area contributed by atoms with Gasteiger partial charge >= 0.3 is 6.18 Å². The van der Waals surface area contributed by atoms with Gasteiger partial charge < -0.3 is 5.73 Å². The predicted molar refractivity (Wildman–Crippen MR) is 55.7 cm³/mol. The molecular weight excluding hydrogens is 205 g/mol. The van der Waals surface area contributed by atoms with Crippen LogP contribution >= 0.6 is 0 Å². The first-order chi connectivity index (χ1) is 6.94. The van der Waals surface area contributed by atoms with Crippen LogP contribution in [0, 0.1) is 0 Å². The minimum Gasteiger partial charge on any atom is -0.330 e. The molecule has 0 spiro atoms. The summed E-state index contributed by atoms with van der Waals surface area (Å²) in [6.45, 7) is 3.89. The lowest BCUT2D eigenvalue weighted by Crippen LogP contribution is -2.42. The molecule has 0 rings (SSSR count). The second kappa shape index (κ2) is 7.06.